The lowest BCUT2D eigenvalue weighted by molar-refractivity contribution is -0.172. The zero-order valence-electron chi connectivity index (χ0n) is 23.3. The van der Waals surface area contributed by atoms with Gasteiger partial charge >= 0.3 is 12.1 Å². The summed E-state index contributed by atoms with van der Waals surface area (Å²) in [5, 5.41) is 12.0. The molecule has 10 nitrogen and oxygen atoms in total. The highest BCUT2D eigenvalue weighted by Crippen LogP contribution is 2.40. The predicted octanol–water partition coefficient (Wildman–Crippen LogP) is 3.17. The SMILES string of the molecule is CCc1c2c(nc3ccc(OC(=O)N4CCN(C(C)C)CC4)cc13)-c1cc3c(c(=O)n1C2)COC(=O)C3(O)CC. The summed E-state index contributed by atoms with van der Waals surface area (Å²) in [7, 11) is 0. The number of piperazine rings is 1. The van der Waals surface area contributed by atoms with Crippen LogP contribution < -0.4 is 10.3 Å². The summed E-state index contributed by atoms with van der Waals surface area (Å²) in [4.78, 5) is 47.9. The first kappa shape index (κ1) is 26.5. The normalized spacial score (nSPS) is 20.4. The summed E-state index contributed by atoms with van der Waals surface area (Å²) < 4.78 is 12.6. The van der Waals surface area contributed by atoms with Gasteiger partial charge in [0.15, 0.2) is 5.60 Å². The van der Waals surface area contributed by atoms with Gasteiger partial charge in [-0.25, -0.2) is 14.6 Å². The fourth-order valence-electron chi connectivity index (χ4n) is 6.19. The number of cyclic esters (lactones) is 1. The molecule has 6 rings (SSSR count). The number of pyridine rings is 2. The molecule has 40 heavy (non-hydrogen) atoms. The van der Waals surface area contributed by atoms with Crippen molar-refractivity contribution in [3.05, 3.63) is 56.9 Å². The fraction of sp³-hybridized carbons (Fsp3) is 0.467. The molecule has 1 N–H and O–H groups in total. The van der Waals surface area contributed by atoms with Crippen LogP contribution >= 0.6 is 0 Å². The average Bonchev–Trinajstić information content (AvgIpc) is 3.32. The summed E-state index contributed by atoms with van der Waals surface area (Å²) in [6.07, 6.45) is 0.410. The van der Waals surface area contributed by atoms with Crippen LogP contribution in [-0.2, 0) is 34.7 Å². The first-order valence-electron chi connectivity index (χ1n) is 14.0. The molecule has 5 heterocycles. The van der Waals surface area contributed by atoms with Gasteiger partial charge in [0.05, 0.1) is 29.0 Å². The van der Waals surface area contributed by atoms with Gasteiger partial charge in [-0.05, 0) is 56.5 Å². The zero-order chi connectivity index (χ0) is 28.3. The van der Waals surface area contributed by atoms with Crippen molar-refractivity contribution in [3.8, 4) is 17.1 Å². The second-order valence-corrected chi connectivity index (χ2v) is 11.0. The topological polar surface area (TPSA) is 114 Å². The molecule has 0 saturated carbocycles. The van der Waals surface area contributed by atoms with E-state index >= 15 is 0 Å². The van der Waals surface area contributed by atoms with Gasteiger partial charge in [0.1, 0.15) is 12.4 Å². The van der Waals surface area contributed by atoms with Crippen LogP contribution in [0.5, 0.6) is 5.75 Å². The van der Waals surface area contributed by atoms with Gasteiger partial charge in [0.25, 0.3) is 5.56 Å². The summed E-state index contributed by atoms with van der Waals surface area (Å²) >= 11 is 0. The third kappa shape index (κ3) is 4.00. The number of hydrogen-bond donors (Lipinski definition) is 1. The van der Waals surface area contributed by atoms with Crippen molar-refractivity contribution in [1.82, 2.24) is 19.4 Å². The molecule has 10 heteroatoms. The molecule has 3 aromatic rings. The Hall–Kier alpha value is -3.76. The Kier molecular flexibility index (Phi) is 6.42. The number of esters is 1. The summed E-state index contributed by atoms with van der Waals surface area (Å²) in [6.45, 7) is 11.1. The van der Waals surface area contributed by atoms with E-state index in [0.29, 0.717) is 65.9 Å². The Balaban J connectivity index is 1.36. The van der Waals surface area contributed by atoms with Crippen molar-refractivity contribution < 1.29 is 24.2 Å². The monoisotopic (exact) mass is 546 g/mol. The quantitative estimate of drug-likeness (QED) is 0.389. The lowest BCUT2D eigenvalue weighted by atomic mass is 9.86. The van der Waals surface area contributed by atoms with Crippen molar-refractivity contribution in [2.45, 2.75) is 65.3 Å². The second kappa shape index (κ2) is 9.71. The summed E-state index contributed by atoms with van der Waals surface area (Å²) in [6, 6.07) is 7.58. The molecule has 1 fully saturated rings. The van der Waals surface area contributed by atoms with Gasteiger partial charge < -0.3 is 24.0 Å². The van der Waals surface area contributed by atoms with Gasteiger partial charge in [-0.15, -0.1) is 0 Å². The van der Waals surface area contributed by atoms with Crippen molar-refractivity contribution in [1.29, 1.82) is 0 Å². The molecule has 0 spiro atoms. The fourth-order valence-corrected chi connectivity index (χ4v) is 6.19. The Bertz CT molecular complexity index is 1600. The van der Waals surface area contributed by atoms with E-state index in [1.54, 1.807) is 28.5 Å². The number of benzene rings is 1. The van der Waals surface area contributed by atoms with E-state index in [1.165, 1.54) is 0 Å². The predicted molar refractivity (Wildman–Crippen MR) is 148 cm³/mol. The lowest BCUT2D eigenvalue weighted by Gasteiger charge is -2.36. The highest BCUT2D eigenvalue weighted by atomic mass is 16.6. The highest BCUT2D eigenvalue weighted by molar-refractivity contribution is 5.90. The largest absolute Gasteiger partial charge is 0.458 e. The van der Waals surface area contributed by atoms with E-state index < -0.39 is 11.6 Å². The number of aromatic nitrogens is 2. The van der Waals surface area contributed by atoms with Crippen molar-refractivity contribution >= 4 is 23.0 Å². The van der Waals surface area contributed by atoms with Gasteiger partial charge in [-0.2, -0.15) is 0 Å². The van der Waals surface area contributed by atoms with E-state index in [1.807, 2.05) is 19.1 Å². The van der Waals surface area contributed by atoms with Gasteiger partial charge in [0.2, 0.25) is 0 Å². The molecule has 0 aliphatic carbocycles. The number of ether oxygens (including phenoxy) is 2. The maximum absolute atomic E-state index is 13.5. The van der Waals surface area contributed by atoms with Gasteiger partial charge in [-0.1, -0.05) is 13.8 Å². The molecule has 0 bridgehead atoms. The number of rotatable bonds is 4. The third-order valence-corrected chi connectivity index (χ3v) is 8.64. The number of carbonyl (C=O) groups is 2. The van der Waals surface area contributed by atoms with Crippen LogP contribution in [0.2, 0.25) is 0 Å². The number of aryl methyl sites for hydroxylation is 1. The number of hydrogen-bond acceptors (Lipinski definition) is 8. The van der Waals surface area contributed by atoms with E-state index in [4.69, 9.17) is 14.5 Å². The first-order valence-corrected chi connectivity index (χ1v) is 14.0. The molecule has 210 valence electrons. The molecule has 3 aliphatic rings. The Morgan fingerprint density at radius 2 is 1.88 bits per heavy atom. The maximum Gasteiger partial charge on any atom is 0.415 e. The number of carbonyl (C=O) groups excluding carboxylic acids is 2. The van der Waals surface area contributed by atoms with E-state index in [2.05, 4.69) is 18.7 Å². The second-order valence-electron chi connectivity index (χ2n) is 11.0. The van der Waals surface area contributed by atoms with Crippen LogP contribution in [0.1, 0.15) is 56.4 Å². The molecule has 2 aromatic heterocycles. The van der Waals surface area contributed by atoms with Crippen molar-refractivity contribution in [2.24, 2.45) is 0 Å². The minimum atomic E-state index is -1.87. The number of nitrogens with zero attached hydrogens (tertiary/aromatic N) is 4. The average molecular weight is 547 g/mol. The molecule has 1 aromatic carbocycles. The number of aliphatic hydroxyl groups is 1. The zero-order valence-corrected chi connectivity index (χ0v) is 23.3. The molecule has 1 atom stereocenters. The molecule has 1 saturated heterocycles. The van der Waals surface area contributed by atoms with E-state index in [-0.39, 0.29) is 24.7 Å². The Labute approximate surface area is 232 Å². The molecule has 0 radical (unpaired) electrons. The third-order valence-electron chi connectivity index (χ3n) is 8.64. The number of fused-ring (bicyclic) bond motifs is 5. The summed E-state index contributed by atoms with van der Waals surface area (Å²) in [5.74, 6) is -0.290. The molecule has 1 amide bonds. The van der Waals surface area contributed by atoms with Crippen LogP contribution in [0, 0.1) is 0 Å². The van der Waals surface area contributed by atoms with Gasteiger partial charge in [-0.3, -0.25) is 9.69 Å². The first-order chi connectivity index (χ1) is 19.2. The van der Waals surface area contributed by atoms with E-state index in [0.717, 1.165) is 29.6 Å². The lowest BCUT2D eigenvalue weighted by Crippen LogP contribution is -2.51. The minimum absolute atomic E-state index is 0.0921. The van der Waals surface area contributed by atoms with Crippen molar-refractivity contribution in [3.63, 3.8) is 0 Å². The highest BCUT2D eigenvalue weighted by Gasteiger charge is 2.45. The van der Waals surface area contributed by atoms with Gasteiger partial charge in [0, 0.05) is 48.7 Å². The molecular formula is C30H34N4O6. The summed E-state index contributed by atoms with van der Waals surface area (Å²) in [5.41, 5.74) is 2.32. The van der Waals surface area contributed by atoms with Crippen LogP contribution in [0.3, 0.4) is 0 Å². The molecule has 1 unspecified atom stereocenters. The number of amides is 1. The van der Waals surface area contributed by atoms with Crippen LogP contribution in [0.15, 0.2) is 29.1 Å². The van der Waals surface area contributed by atoms with Crippen molar-refractivity contribution in [2.75, 3.05) is 26.2 Å². The van der Waals surface area contributed by atoms with Crippen LogP contribution in [-0.4, -0.2) is 68.7 Å². The Morgan fingerprint density at radius 1 is 1.12 bits per heavy atom. The van der Waals surface area contributed by atoms with Crippen LogP contribution in [0.25, 0.3) is 22.3 Å². The van der Waals surface area contributed by atoms with Crippen LogP contribution in [0.4, 0.5) is 4.79 Å². The standard InChI is InChI=1S/C30H34N4O6/c1-5-19-20-13-18(40-29(37)33-11-9-32(10-12-33)17(3)4)7-8-24(20)31-26-21(19)15-34-25(26)14-23-22(27(34)35)16-39-28(36)30(23,38)6-2/h7-8,13-14,17,38H,5-6,9-12,15-16H2,1-4H3. The van der Waals surface area contributed by atoms with E-state index in [9.17, 15) is 19.5 Å². The smallest absolute Gasteiger partial charge is 0.415 e. The molecule has 3 aliphatic heterocycles. The maximum atomic E-state index is 13.5. The minimum Gasteiger partial charge on any atom is -0.458 e. The Morgan fingerprint density at radius 3 is 2.55 bits per heavy atom. The molecular weight excluding hydrogens is 512 g/mol.